The number of carbonyl (C=O) groups is 1. The molecule has 2 aliphatic rings. The number of rotatable bonds is 3. The minimum atomic E-state index is -0.256. The quantitative estimate of drug-likeness (QED) is 0.928. The lowest BCUT2D eigenvalue weighted by molar-refractivity contribution is 0.0514. The molecule has 0 bridgehead atoms. The molecule has 104 valence electrons. The zero-order valence-corrected chi connectivity index (χ0v) is 12.7. The van der Waals surface area contributed by atoms with E-state index in [0.717, 1.165) is 13.0 Å². The lowest BCUT2D eigenvalue weighted by Crippen LogP contribution is -2.52. The van der Waals surface area contributed by atoms with Crippen molar-refractivity contribution in [2.75, 3.05) is 6.61 Å². The SMILES string of the molecule is Cc1oc(Br)cc1C(=O)NC1(C)CCOC1C1CC1. The van der Waals surface area contributed by atoms with Gasteiger partial charge in [0.2, 0.25) is 0 Å². The minimum Gasteiger partial charge on any atom is -0.454 e. The van der Waals surface area contributed by atoms with Gasteiger partial charge in [-0.25, -0.2) is 0 Å². The van der Waals surface area contributed by atoms with Crippen molar-refractivity contribution in [3.8, 4) is 0 Å². The largest absolute Gasteiger partial charge is 0.454 e. The molecule has 1 aliphatic heterocycles. The minimum absolute atomic E-state index is 0.0781. The van der Waals surface area contributed by atoms with Crippen LogP contribution in [0, 0.1) is 12.8 Å². The van der Waals surface area contributed by atoms with Gasteiger partial charge in [0.15, 0.2) is 4.67 Å². The highest BCUT2D eigenvalue weighted by Crippen LogP contribution is 2.43. The third-order valence-corrected chi connectivity index (χ3v) is 4.52. The summed E-state index contributed by atoms with van der Waals surface area (Å²) in [5.41, 5.74) is 0.337. The molecule has 5 heteroatoms. The molecule has 2 fully saturated rings. The Bertz CT molecular complexity index is 509. The second-order valence-electron chi connectivity index (χ2n) is 5.77. The maximum atomic E-state index is 12.4. The third-order valence-electron chi connectivity index (χ3n) is 4.13. The molecule has 1 saturated heterocycles. The van der Waals surface area contributed by atoms with E-state index in [2.05, 4.69) is 28.2 Å². The maximum absolute atomic E-state index is 12.4. The van der Waals surface area contributed by atoms with Crippen molar-refractivity contribution in [3.05, 3.63) is 22.1 Å². The van der Waals surface area contributed by atoms with Crippen molar-refractivity contribution in [3.63, 3.8) is 0 Å². The molecule has 0 aromatic carbocycles. The number of amides is 1. The van der Waals surface area contributed by atoms with Gasteiger partial charge >= 0.3 is 0 Å². The summed E-state index contributed by atoms with van der Waals surface area (Å²) in [4.78, 5) is 12.4. The van der Waals surface area contributed by atoms with Crippen molar-refractivity contribution in [1.82, 2.24) is 5.32 Å². The van der Waals surface area contributed by atoms with Crippen molar-refractivity contribution >= 4 is 21.8 Å². The molecule has 3 rings (SSSR count). The van der Waals surface area contributed by atoms with E-state index in [0.29, 0.717) is 21.9 Å². The molecule has 0 radical (unpaired) electrons. The fourth-order valence-electron chi connectivity index (χ4n) is 2.91. The van der Waals surface area contributed by atoms with Crippen LogP contribution in [0.3, 0.4) is 0 Å². The highest BCUT2D eigenvalue weighted by molar-refractivity contribution is 9.10. The molecule has 1 aromatic rings. The fraction of sp³-hybridized carbons (Fsp3) is 0.643. The van der Waals surface area contributed by atoms with Gasteiger partial charge in [-0.2, -0.15) is 0 Å². The number of nitrogens with one attached hydrogen (secondary N) is 1. The smallest absolute Gasteiger partial charge is 0.255 e. The topological polar surface area (TPSA) is 51.5 Å². The van der Waals surface area contributed by atoms with Crippen LogP contribution in [-0.4, -0.2) is 24.2 Å². The highest BCUT2D eigenvalue weighted by Gasteiger charge is 2.49. The van der Waals surface area contributed by atoms with Crippen LogP contribution >= 0.6 is 15.9 Å². The zero-order chi connectivity index (χ0) is 13.6. The molecule has 1 N–H and O–H groups in total. The standard InChI is InChI=1S/C14H18BrNO3/c1-8-10(7-11(15)19-8)13(17)16-14(2)5-6-18-12(14)9-3-4-9/h7,9,12H,3-6H2,1-2H3,(H,16,17). The normalized spacial score (nSPS) is 30.6. The second kappa shape index (κ2) is 4.63. The molecule has 0 spiro atoms. The zero-order valence-electron chi connectivity index (χ0n) is 11.2. The summed E-state index contributed by atoms with van der Waals surface area (Å²) in [6.45, 7) is 4.61. The van der Waals surface area contributed by atoms with Gasteiger partial charge in [0.05, 0.1) is 17.2 Å². The van der Waals surface area contributed by atoms with Crippen LogP contribution in [0.15, 0.2) is 15.2 Å². The summed E-state index contributed by atoms with van der Waals surface area (Å²) in [7, 11) is 0. The fourth-order valence-corrected chi connectivity index (χ4v) is 3.38. The number of carbonyl (C=O) groups excluding carboxylic acids is 1. The molecule has 1 amide bonds. The predicted molar refractivity (Wildman–Crippen MR) is 74.1 cm³/mol. The van der Waals surface area contributed by atoms with Crippen molar-refractivity contribution < 1.29 is 13.9 Å². The Morgan fingerprint density at radius 1 is 1.53 bits per heavy atom. The van der Waals surface area contributed by atoms with Gasteiger partial charge in [0, 0.05) is 12.7 Å². The average molecular weight is 328 g/mol. The number of aryl methyl sites for hydroxylation is 1. The van der Waals surface area contributed by atoms with Crippen LogP contribution in [0.4, 0.5) is 0 Å². The number of hydrogen-bond acceptors (Lipinski definition) is 3. The van der Waals surface area contributed by atoms with E-state index >= 15 is 0 Å². The van der Waals surface area contributed by atoms with Gasteiger partial charge in [-0.05, 0) is 55.0 Å². The molecular weight excluding hydrogens is 310 g/mol. The average Bonchev–Trinajstić information content (AvgIpc) is 3.01. The lowest BCUT2D eigenvalue weighted by Gasteiger charge is -2.31. The first-order chi connectivity index (χ1) is 8.99. The van der Waals surface area contributed by atoms with E-state index in [4.69, 9.17) is 9.15 Å². The predicted octanol–water partition coefficient (Wildman–Crippen LogP) is 3.04. The van der Waals surface area contributed by atoms with E-state index in [1.54, 1.807) is 13.0 Å². The molecule has 1 aromatic heterocycles. The Morgan fingerprint density at radius 3 is 2.84 bits per heavy atom. The number of halogens is 1. The van der Waals surface area contributed by atoms with Crippen molar-refractivity contribution in [1.29, 1.82) is 0 Å². The van der Waals surface area contributed by atoms with Gasteiger partial charge < -0.3 is 14.5 Å². The third kappa shape index (κ3) is 2.46. The molecular formula is C14H18BrNO3. The molecule has 2 atom stereocenters. The molecule has 2 unspecified atom stereocenters. The van der Waals surface area contributed by atoms with E-state index in [-0.39, 0.29) is 17.6 Å². The van der Waals surface area contributed by atoms with Crippen LogP contribution in [0.1, 0.15) is 42.3 Å². The van der Waals surface area contributed by atoms with Crippen molar-refractivity contribution in [2.45, 2.75) is 44.8 Å². The summed E-state index contributed by atoms with van der Waals surface area (Å²) in [6.07, 6.45) is 3.46. The van der Waals surface area contributed by atoms with Gasteiger partial charge in [0.1, 0.15) is 5.76 Å². The Kier molecular flexibility index (Phi) is 3.21. The molecule has 1 saturated carbocycles. The van der Waals surface area contributed by atoms with Crippen LogP contribution in [-0.2, 0) is 4.74 Å². The molecule has 1 aliphatic carbocycles. The summed E-state index contributed by atoms with van der Waals surface area (Å²) >= 11 is 3.25. The maximum Gasteiger partial charge on any atom is 0.255 e. The number of ether oxygens (including phenoxy) is 1. The Balaban J connectivity index is 1.76. The number of furan rings is 1. The summed E-state index contributed by atoms with van der Waals surface area (Å²) < 4.78 is 11.7. The molecule has 4 nitrogen and oxygen atoms in total. The van der Waals surface area contributed by atoms with Gasteiger partial charge in [-0.1, -0.05) is 0 Å². The first kappa shape index (κ1) is 13.2. The van der Waals surface area contributed by atoms with Crippen LogP contribution in [0.2, 0.25) is 0 Å². The van der Waals surface area contributed by atoms with Crippen LogP contribution in [0.5, 0.6) is 0 Å². The second-order valence-corrected chi connectivity index (χ2v) is 6.55. The molecule has 19 heavy (non-hydrogen) atoms. The summed E-state index contributed by atoms with van der Waals surface area (Å²) in [6, 6.07) is 1.72. The summed E-state index contributed by atoms with van der Waals surface area (Å²) in [5, 5.41) is 3.15. The Hall–Kier alpha value is -0.810. The van der Waals surface area contributed by atoms with Gasteiger partial charge in [-0.15, -0.1) is 0 Å². The van der Waals surface area contributed by atoms with Gasteiger partial charge in [0.25, 0.3) is 5.91 Å². The Labute approximate surface area is 121 Å². The molecule has 2 heterocycles. The van der Waals surface area contributed by atoms with E-state index in [1.807, 2.05) is 0 Å². The van der Waals surface area contributed by atoms with Crippen LogP contribution < -0.4 is 5.32 Å². The monoisotopic (exact) mass is 327 g/mol. The van der Waals surface area contributed by atoms with Crippen molar-refractivity contribution in [2.24, 2.45) is 5.92 Å². The first-order valence-electron chi connectivity index (χ1n) is 6.70. The Morgan fingerprint density at radius 2 is 2.26 bits per heavy atom. The first-order valence-corrected chi connectivity index (χ1v) is 7.49. The van der Waals surface area contributed by atoms with E-state index < -0.39 is 0 Å². The lowest BCUT2D eigenvalue weighted by atomic mass is 9.90. The van der Waals surface area contributed by atoms with Crippen LogP contribution in [0.25, 0.3) is 0 Å². The summed E-state index contributed by atoms with van der Waals surface area (Å²) in [5.74, 6) is 1.17. The van der Waals surface area contributed by atoms with E-state index in [1.165, 1.54) is 12.8 Å². The van der Waals surface area contributed by atoms with Gasteiger partial charge in [-0.3, -0.25) is 4.79 Å². The number of hydrogen-bond donors (Lipinski definition) is 1. The van der Waals surface area contributed by atoms with E-state index in [9.17, 15) is 4.79 Å². The highest BCUT2D eigenvalue weighted by atomic mass is 79.9.